The van der Waals surface area contributed by atoms with Crippen LogP contribution in [-0.2, 0) is 22.1 Å². The van der Waals surface area contributed by atoms with Gasteiger partial charge in [0.15, 0.2) is 15.7 Å². The Bertz CT molecular complexity index is 1040. The summed E-state index contributed by atoms with van der Waals surface area (Å²) in [4.78, 5) is 13.3. The van der Waals surface area contributed by atoms with Crippen molar-refractivity contribution in [2.45, 2.75) is 35.8 Å². The van der Waals surface area contributed by atoms with Crippen molar-refractivity contribution in [1.82, 2.24) is 25.0 Å². The molecule has 1 aliphatic heterocycles. The van der Waals surface area contributed by atoms with Crippen molar-refractivity contribution in [2.24, 2.45) is 0 Å². The topological polar surface area (TPSA) is 125 Å². The van der Waals surface area contributed by atoms with Crippen LogP contribution in [0.3, 0.4) is 0 Å². The molecule has 28 heavy (non-hydrogen) atoms. The second kappa shape index (κ2) is 7.41. The Morgan fingerprint density at radius 3 is 2.82 bits per heavy atom. The number of sulfone groups is 1. The molecule has 1 fully saturated rings. The van der Waals surface area contributed by atoms with Crippen molar-refractivity contribution in [1.29, 1.82) is 0 Å². The third-order valence-electron chi connectivity index (χ3n) is 4.55. The van der Waals surface area contributed by atoms with Crippen LogP contribution in [0.1, 0.15) is 30.0 Å². The average molecular weight is 407 g/mol. The van der Waals surface area contributed by atoms with Gasteiger partial charge in [-0.25, -0.2) is 17.8 Å². The van der Waals surface area contributed by atoms with Crippen LogP contribution in [0.2, 0.25) is 0 Å². The molecule has 2 aromatic heterocycles. The number of aliphatic hydroxyl groups is 1. The van der Waals surface area contributed by atoms with Crippen LogP contribution < -0.4 is 0 Å². The van der Waals surface area contributed by atoms with Crippen molar-refractivity contribution in [3.63, 3.8) is 0 Å². The van der Waals surface area contributed by atoms with Gasteiger partial charge in [-0.2, -0.15) is 4.98 Å². The SMILES string of the molecule is O=S(=O)(Cc1noc([C@@H]2C[C@@H](O)CN2Cc2ncc[nH]2)n1)c1ccc(F)cc1. The molecule has 2 N–H and O–H groups in total. The molecule has 0 unspecified atom stereocenters. The number of aromatic amines is 1. The Morgan fingerprint density at radius 1 is 1.32 bits per heavy atom. The molecule has 0 amide bonds. The van der Waals surface area contributed by atoms with E-state index in [-0.39, 0.29) is 22.7 Å². The van der Waals surface area contributed by atoms with E-state index < -0.39 is 27.5 Å². The summed E-state index contributed by atoms with van der Waals surface area (Å²) in [7, 11) is -3.74. The number of imidazole rings is 1. The van der Waals surface area contributed by atoms with Crippen LogP contribution in [0.5, 0.6) is 0 Å². The maximum atomic E-state index is 13.0. The smallest absolute Gasteiger partial charge is 0.244 e. The Kier molecular flexibility index (Phi) is 4.96. The van der Waals surface area contributed by atoms with Crippen LogP contribution in [0.25, 0.3) is 0 Å². The van der Waals surface area contributed by atoms with Crippen molar-refractivity contribution >= 4 is 9.84 Å². The highest BCUT2D eigenvalue weighted by atomic mass is 32.2. The molecule has 148 valence electrons. The van der Waals surface area contributed by atoms with Gasteiger partial charge in [0.05, 0.1) is 23.6 Å². The van der Waals surface area contributed by atoms with Gasteiger partial charge in [0.1, 0.15) is 17.4 Å². The monoisotopic (exact) mass is 407 g/mol. The first-order valence-corrected chi connectivity index (χ1v) is 10.3. The summed E-state index contributed by atoms with van der Waals surface area (Å²) in [5.41, 5.74) is 0. The van der Waals surface area contributed by atoms with Gasteiger partial charge < -0.3 is 14.6 Å². The Labute approximate surface area is 160 Å². The zero-order chi connectivity index (χ0) is 19.7. The minimum Gasteiger partial charge on any atom is -0.392 e. The molecule has 0 aliphatic carbocycles. The summed E-state index contributed by atoms with van der Waals surface area (Å²) in [6.07, 6.45) is 3.19. The molecule has 0 bridgehead atoms. The lowest BCUT2D eigenvalue weighted by molar-refractivity contribution is 0.167. The summed E-state index contributed by atoms with van der Waals surface area (Å²) in [6, 6.07) is 4.23. The summed E-state index contributed by atoms with van der Waals surface area (Å²) in [5.74, 6) is 0.0105. The molecular formula is C17H18FN5O4S. The van der Waals surface area contributed by atoms with E-state index in [2.05, 4.69) is 20.1 Å². The van der Waals surface area contributed by atoms with Crippen molar-refractivity contribution < 1.29 is 22.4 Å². The van der Waals surface area contributed by atoms with E-state index in [0.717, 1.165) is 18.0 Å². The lowest BCUT2D eigenvalue weighted by atomic mass is 10.2. The number of nitrogens with zero attached hydrogens (tertiary/aromatic N) is 4. The minimum atomic E-state index is -3.74. The highest BCUT2D eigenvalue weighted by Crippen LogP contribution is 2.32. The number of aromatic nitrogens is 4. The number of H-pyrrole nitrogens is 1. The quantitative estimate of drug-likeness (QED) is 0.584. The number of β-amino-alcohol motifs (C(OH)–C–C–N with tert-alkyl or cyclic N) is 1. The van der Waals surface area contributed by atoms with Gasteiger partial charge in [-0.1, -0.05) is 5.16 Å². The first-order chi connectivity index (χ1) is 13.4. The molecule has 1 saturated heterocycles. The number of hydrogen-bond acceptors (Lipinski definition) is 8. The molecule has 0 spiro atoms. The predicted molar refractivity (Wildman–Crippen MR) is 94.0 cm³/mol. The molecule has 11 heteroatoms. The second-order valence-corrected chi connectivity index (χ2v) is 8.62. The van der Waals surface area contributed by atoms with Gasteiger partial charge in [-0.15, -0.1) is 0 Å². The molecule has 1 aliphatic rings. The third kappa shape index (κ3) is 3.96. The number of halogens is 1. The predicted octanol–water partition coefficient (Wildman–Crippen LogP) is 1.21. The van der Waals surface area contributed by atoms with Crippen LogP contribution in [0, 0.1) is 5.82 Å². The molecule has 1 aromatic carbocycles. The standard InChI is InChI=1S/C17H18FN5O4S/c18-11-1-3-13(4-2-11)28(25,26)10-16-21-17(27-22-16)14-7-12(24)8-23(14)9-15-19-5-6-20-15/h1-6,12,14,24H,7-10H2,(H,19,20)/t12-,14+/m1/s1. The lowest BCUT2D eigenvalue weighted by Gasteiger charge is -2.19. The Morgan fingerprint density at radius 2 is 2.11 bits per heavy atom. The first-order valence-electron chi connectivity index (χ1n) is 8.62. The number of nitrogens with one attached hydrogen (secondary N) is 1. The summed E-state index contributed by atoms with van der Waals surface area (Å²) in [5, 5.41) is 13.8. The molecule has 9 nitrogen and oxygen atoms in total. The first kappa shape index (κ1) is 18.7. The zero-order valence-corrected chi connectivity index (χ0v) is 15.5. The fourth-order valence-electron chi connectivity index (χ4n) is 3.24. The van der Waals surface area contributed by atoms with E-state index in [4.69, 9.17) is 4.52 Å². The zero-order valence-electron chi connectivity index (χ0n) is 14.7. The fourth-order valence-corrected chi connectivity index (χ4v) is 4.42. The maximum Gasteiger partial charge on any atom is 0.244 e. The van der Waals surface area contributed by atoms with Crippen LogP contribution in [0.15, 0.2) is 46.1 Å². The number of benzene rings is 1. The van der Waals surface area contributed by atoms with E-state index in [1.807, 2.05) is 4.90 Å². The van der Waals surface area contributed by atoms with Gasteiger partial charge in [-0.3, -0.25) is 4.90 Å². The minimum absolute atomic E-state index is 0.0127. The molecule has 4 rings (SSSR count). The number of aliphatic hydroxyl groups excluding tert-OH is 1. The second-order valence-electron chi connectivity index (χ2n) is 6.63. The van der Waals surface area contributed by atoms with Crippen LogP contribution in [-0.4, -0.2) is 51.2 Å². The summed E-state index contributed by atoms with van der Waals surface area (Å²) in [6.45, 7) is 0.872. The highest BCUT2D eigenvalue weighted by molar-refractivity contribution is 7.90. The normalized spacial score (nSPS) is 20.6. The molecule has 3 heterocycles. The Balaban J connectivity index is 1.51. The van der Waals surface area contributed by atoms with E-state index in [0.29, 0.717) is 19.5 Å². The Hall–Kier alpha value is -2.63. The largest absolute Gasteiger partial charge is 0.392 e. The van der Waals surface area contributed by atoms with E-state index >= 15 is 0 Å². The molecular weight excluding hydrogens is 389 g/mol. The van der Waals surface area contributed by atoms with Gasteiger partial charge in [0.2, 0.25) is 5.89 Å². The van der Waals surface area contributed by atoms with Gasteiger partial charge in [0.25, 0.3) is 0 Å². The van der Waals surface area contributed by atoms with Crippen LogP contribution in [0.4, 0.5) is 4.39 Å². The molecule has 2 atom stereocenters. The average Bonchev–Trinajstić information content (AvgIpc) is 3.37. The molecule has 3 aromatic rings. The third-order valence-corrected chi connectivity index (χ3v) is 6.18. The van der Waals surface area contributed by atoms with Crippen molar-refractivity contribution in [2.75, 3.05) is 6.54 Å². The van der Waals surface area contributed by atoms with E-state index in [1.54, 1.807) is 12.4 Å². The summed E-state index contributed by atoms with van der Waals surface area (Å²) < 4.78 is 43.2. The van der Waals surface area contributed by atoms with Crippen molar-refractivity contribution in [3.05, 3.63) is 60.0 Å². The van der Waals surface area contributed by atoms with E-state index in [1.165, 1.54) is 12.1 Å². The molecule has 0 saturated carbocycles. The van der Waals surface area contributed by atoms with Crippen molar-refractivity contribution in [3.8, 4) is 0 Å². The highest BCUT2D eigenvalue weighted by Gasteiger charge is 2.36. The van der Waals surface area contributed by atoms with E-state index in [9.17, 15) is 17.9 Å². The fraction of sp³-hybridized carbons (Fsp3) is 0.353. The lowest BCUT2D eigenvalue weighted by Crippen LogP contribution is -2.25. The van der Waals surface area contributed by atoms with Gasteiger partial charge >= 0.3 is 0 Å². The molecule has 0 radical (unpaired) electrons. The van der Waals surface area contributed by atoms with Gasteiger partial charge in [-0.05, 0) is 30.7 Å². The number of rotatable bonds is 6. The summed E-state index contributed by atoms with van der Waals surface area (Å²) >= 11 is 0. The van der Waals surface area contributed by atoms with Gasteiger partial charge in [0, 0.05) is 18.9 Å². The number of likely N-dealkylation sites (tertiary alicyclic amines) is 1. The number of hydrogen-bond donors (Lipinski definition) is 2. The maximum absolute atomic E-state index is 13.0. The van der Waals surface area contributed by atoms with Crippen LogP contribution >= 0.6 is 0 Å².